The molecule has 0 atom stereocenters. The lowest BCUT2D eigenvalue weighted by Crippen LogP contribution is -1.94. The molecule has 0 aliphatic carbocycles. The molecule has 0 saturated carbocycles. The predicted molar refractivity (Wildman–Crippen MR) is 44.4 cm³/mol. The van der Waals surface area contributed by atoms with Gasteiger partial charge in [0.15, 0.2) is 0 Å². The van der Waals surface area contributed by atoms with Crippen LogP contribution < -0.4 is 0 Å². The molecule has 1 aromatic heterocycles. The fourth-order valence-electron chi connectivity index (χ4n) is 0.903. The Morgan fingerprint density at radius 3 is 2.90 bits per heavy atom. The Balaban J connectivity index is 2.49. The molecule has 0 N–H and O–H groups in total. The van der Waals surface area contributed by atoms with Gasteiger partial charge in [-0.25, -0.2) is 0 Å². The molecule has 56 valence electrons. The standard InChI is InChI=1S/C8H12ClN/c1-2-3-6-10-7-4-5-8(10)9/h4-5,7H,2-3,6H2,1H3. The lowest BCUT2D eigenvalue weighted by atomic mass is 10.3. The van der Waals surface area contributed by atoms with Gasteiger partial charge in [0.2, 0.25) is 0 Å². The maximum Gasteiger partial charge on any atom is 0.108 e. The molecule has 0 aliphatic heterocycles. The molecule has 0 bridgehead atoms. The van der Waals surface area contributed by atoms with Gasteiger partial charge in [-0.2, -0.15) is 0 Å². The largest absolute Gasteiger partial charge is 0.339 e. The molecular weight excluding hydrogens is 146 g/mol. The average Bonchev–Trinajstić information content (AvgIpc) is 2.31. The van der Waals surface area contributed by atoms with Gasteiger partial charge in [-0.3, -0.25) is 0 Å². The van der Waals surface area contributed by atoms with E-state index in [4.69, 9.17) is 11.6 Å². The first-order valence-electron chi connectivity index (χ1n) is 3.65. The monoisotopic (exact) mass is 157 g/mol. The number of rotatable bonds is 3. The number of halogens is 1. The summed E-state index contributed by atoms with van der Waals surface area (Å²) in [7, 11) is 0. The molecule has 10 heavy (non-hydrogen) atoms. The number of hydrogen-bond acceptors (Lipinski definition) is 0. The smallest absolute Gasteiger partial charge is 0.108 e. The Morgan fingerprint density at radius 1 is 1.60 bits per heavy atom. The van der Waals surface area contributed by atoms with Gasteiger partial charge in [0.25, 0.3) is 0 Å². The number of aromatic nitrogens is 1. The number of unbranched alkanes of at least 4 members (excludes halogenated alkanes) is 1. The third kappa shape index (κ3) is 1.77. The van der Waals surface area contributed by atoms with Crippen molar-refractivity contribution >= 4 is 11.6 Å². The normalized spacial score (nSPS) is 10.2. The summed E-state index contributed by atoms with van der Waals surface area (Å²) in [6, 6.07) is 3.88. The van der Waals surface area contributed by atoms with E-state index >= 15 is 0 Å². The van der Waals surface area contributed by atoms with Gasteiger partial charge in [-0.15, -0.1) is 0 Å². The summed E-state index contributed by atoms with van der Waals surface area (Å²) in [6.07, 6.45) is 4.43. The van der Waals surface area contributed by atoms with Crippen LogP contribution in [0.15, 0.2) is 18.3 Å². The van der Waals surface area contributed by atoms with Gasteiger partial charge < -0.3 is 4.57 Å². The third-order valence-electron chi connectivity index (χ3n) is 1.53. The number of aryl methyl sites for hydroxylation is 1. The average molecular weight is 158 g/mol. The lowest BCUT2D eigenvalue weighted by Gasteiger charge is -2.01. The summed E-state index contributed by atoms with van der Waals surface area (Å²) in [4.78, 5) is 0. The Kier molecular flexibility index (Phi) is 2.82. The van der Waals surface area contributed by atoms with Gasteiger partial charge in [0, 0.05) is 12.7 Å². The zero-order valence-corrected chi connectivity index (χ0v) is 6.93. The van der Waals surface area contributed by atoms with Crippen LogP contribution in [0, 0.1) is 0 Å². The molecule has 1 nitrogen and oxygen atoms in total. The van der Waals surface area contributed by atoms with E-state index in [-0.39, 0.29) is 0 Å². The quantitative estimate of drug-likeness (QED) is 0.636. The van der Waals surface area contributed by atoms with Gasteiger partial charge in [0.1, 0.15) is 5.15 Å². The van der Waals surface area contributed by atoms with Gasteiger partial charge in [0.05, 0.1) is 0 Å². The lowest BCUT2D eigenvalue weighted by molar-refractivity contribution is 0.635. The zero-order valence-electron chi connectivity index (χ0n) is 6.18. The molecule has 0 saturated heterocycles. The molecule has 0 unspecified atom stereocenters. The van der Waals surface area contributed by atoms with E-state index in [0.717, 1.165) is 11.7 Å². The highest BCUT2D eigenvalue weighted by molar-refractivity contribution is 6.29. The van der Waals surface area contributed by atoms with Crippen molar-refractivity contribution in [3.8, 4) is 0 Å². The van der Waals surface area contributed by atoms with Gasteiger partial charge in [-0.1, -0.05) is 24.9 Å². The minimum absolute atomic E-state index is 0.841. The summed E-state index contributed by atoms with van der Waals surface area (Å²) >= 11 is 5.84. The molecule has 0 amide bonds. The molecule has 0 radical (unpaired) electrons. The third-order valence-corrected chi connectivity index (χ3v) is 1.87. The second-order valence-electron chi connectivity index (χ2n) is 2.38. The summed E-state index contributed by atoms with van der Waals surface area (Å²) in [6.45, 7) is 3.22. The van der Waals surface area contributed by atoms with Crippen molar-refractivity contribution in [3.63, 3.8) is 0 Å². The topological polar surface area (TPSA) is 4.93 Å². The first kappa shape index (κ1) is 7.67. The van der Waals surface area contributed by atoms with Crippen molar-refractivity contribution in [2.24, 2.45) is 0 Å². The minimum atomic E-state index is 0.841. The van der Waals surface area contributed by atoms with Crippen LogP contribution in [0.2, 0.25) is 5.15 Å². The molecule has 0 fully saturated rings. The Morgan fingerprint density at radius 2 is 2.40 bits per heavy atom. The van der Waals surface area contributed by atoms with Crippen molar-refractivity contribution in [2.45, 2.75) is 26.3 Å². The fourth-order valence-corrected chi connectivity index (χ4v) is 1.12. The van der Waals surface area contributed by atoms with E-state index in [1.54, 1.807) is 0 Å². The number of hydrogen-bond donors (Lipinski definition) is 0. The van der Waals surface area contributed by atoms with E-state index in [1.807, 2.05) is 18.3 Å². The molecule has 1 heterocycles. The summed E-state index contributed by atoms with van der Waals surface area (Å²) < 4.78 is 2.06. The molecule has 0 spiro atoms. The SMILES string of the molecule is CCCCn1cccc1Cl. The molecule has 1 aromatic rings. The van der Waals surface area contributed by atoms with Gasteiger partial charge in [-0.05, 0) is 18.6 Å². The van der Waals surface area contributed by atoms with Crippen molar-refractivity contribution in [1.82, 2.24) is 4.57 Å². The first-order valence-corrected chi connectivity index (χ1v) is 4.03. The van der Waals surface area contributed by atoms with E-state index in [1.165, 1.54) is 12.8 Å². The molecule has 0 aromatic carbocycles. The van der Waals surface area contributed by atoms with Crippen LogP contribution in [0.25, 0.3) is 0 Å². The Hall–Kier alpha value is -0.430. The highest BCUT2D eigenvalue weighted by Crippen LogP contribution is 2.09. The van der Waals surface area contributed by atoms with Crippen LogP contribution in [-0.4, -0.2) is 4.57 Å². The van der Waals surface area contributed by atoms with Crippen LogP contribution >= 0.6 is 11.6 Å². The van der Waals surface area contributed by atoms with E-state index < -0.39 is 0 Å². The summed E-state index contributed by atoms with van der Waals surface area (Å²) in [5, 5.41) is 0.841. The highest BCUT2D eigenvalue weighted by atomic mass is 35.5. The molecule has 2 heteroatoms. The maximum absolute atomic E-state index is 5.84. The van der Waals surface area contributed by atoms with Crippen molar-refractivity contribution in [2.75, 3.05) is 0 Å². The van der Waals surface area contributed by atoms with E-state index in [9.17, 15) is 0 Å². The van der Waals surface area contributed by atoms with Crippen LogP contribution in [0.5, 0.6) is 0 Å². The van der Waals surface area contributed by atoms with Crippen LogP contribution in [0.4, 0.5) is 0 Å². The fraction of sp³-hybridized carbons (Fsp3) is 0.500. The molecular formula is C8H12ClN. The Labute approximate surface area is 66.6 Å². The predicted octanol–water partition coefficient (Wildman–Crippen LogP) is 2.94. The molecule has 0 aliphatic rings. The first-order chi connectivity index (χ1) is 4.84. The summed E-state index contributed by atoms with van der Waals surface area (Å²) in [5.74, 6) is 0. The minimum Gasteiger partial charge on any atom is -0.339 e. The van der Waals surface area contributed by atoms with Crippen molar-refractivity contribution in [3.05, 3.63) is 23.5 Å². The van der Waals surface area contributed by atoms with Crippen molar-refractivity contribution in [1.29, 1.82) is 0 Å². The second-order valence-corrected chi connectivity index (χ2v) is 2.77. The number of nitrogens with zero attached hydrogens (tertiary/aromatic N) is 1. The second kappa shape index (κ2) is 3.67. The molecule has 1 rings (SSSR count). The van der Waals surface area contributed by atoms with Crippen LogP contribution in [0.3, 0.4) is 0 Å². The van der Waals surface area contributed by atoms with E-state index in [0.29, 0.717) is 0 Å². The van der Waals surface area contributed by atoms with Gasteiger partial charge >= 0.3 is 0 Å². The Bertz CT molecular complexity index is 193. The van der Waals surface area contributed by atoms with Crippen molar-refractivity contribution < 1.29 is 0 Å². The zero-order chi connectivity index (χ0) is 7.40. The maximum atomic E-state index is 5.84. The van der Waals surface area contributed by atoms with Crippen LogP contribution in [-0.2, 0) is 6.54 Å². The van der Waals surface area contributed by atoms with Crippen LogP contribution in [0.1, 0.15) is 19.8 Å². The van der Waals surface area contributed by atoms with E-state index in [2.05, 4.69) is 11.5 Å². The summed E-state index contributed by atoms with van der Waals surface area (Å²) in [5.41, 5.74) is 0. The highest BCUT2D eigenvalue weighted by Gasteiger charge is 1.93.